The van der Waals surface area contributed by atoms with E-state index in [4.69, 9.17) is 11.0 Å². The Morgan fingerprint density at radius 3 is 2.74 bits per heavy atom. The van der Waals surface area contributed by atoms with Crippen molar-refractivity contribution in [2.75, 3.05) is 17.7 Å². The molecule has 19 heavy (non-hydrogen) atoms. The Labute approximate surface area is 114 Å². The molecule has 1 saturated carbocycles. The molecule has 0 heterocycles. The second kappa shape index (κ2) is 5.50. The molecule has 0 bridgehead atoms. The van der Waals surface area contributed by atoms with Crippen LogP contribution in [0.5, 0.6) is 0 Å². The van der Waals surface area contributed by atoms with Crippen LogP contribution >= 0.6 is 0 Å². The molecule has 1 aliphatic rings. The first-order valence-electron chi connectivity index (χ1n) is 6.77. The number of nitrogen functional groups attached to an aromatic ring is 1. The number of nitrogens with zero attached hydrogens (tertiary/aromatic N) is 1. The van der Waals surface area contributed by atoms with Crippen LogP contribution in [-0.4, -0.2) is 17.3 Å². The molecule has 4 nitrogen and oxygen atoms in total. The summed E-state index contributed by atoms with van der Waals surface area (Å²) in [6.07, 6.45) is 4.06. The van der Waals surface area contributed by atoms with Crippen molar-refractivity contribution in [2.24, 2.45) is 5.92 Å². The highest BCUT2D eigenvalue weighted by molar-refractivity contribution is 5.64. The minimum atomic E-state index is -0.297. The Kier molecular flexibility index (Phi) is 3.96. The standard InChI is InChI=1S/C15H21N3O/c1-11-4-6-15(10-19,7-5-11)18-14-3-2-13(17)8-12(14)9-16/h2-3,8,11,18-19H,4-7,10,17H2,1H3. The maximum absolute atomic E-state index is 9.74. The van der Waals surface area contributed by atoms with Crippen molar-refractivity contribution in [2.45, 2.75) is 38.1 Å². The number of benzene rings is 1. The van der Waals surface area contributed by atoms with Crippen molar-refractivity contribution in [1.82, 2.24) is 0 Å². The van der Waals surface area contributed by atoms with E-state index in [2.05, 4.69) is 18.3 Å². The lowest BCUT2D eigenvalue weighted by molar-refractivity contribution is 0.155. The van der Waals surface area contributed by atoms with E-state index in [1.807, 2.05) is 6.07 Å². The van der Waals surface area contributed by atoms with E-state index >= 15 is 0 Å². The normalized spacial score (nSPS) is 26.7. The van der Waals surface area contributed by atoms with Gasteiger partial charge < -0.3 is 16.2 Å². The number of nitrogens with one attached hydrogen (secondary N) is 1. The quantitative estimate of drug-likeness (QED) is 0.728. The summed E-state index contributed by atoms with van der Waals surface area (Å²) in [5.41, 5.74) is 7.27. The average molecular weight is 259 g/mol. The molecule has 1 aromatic carbocycles. The lowest BCUT2D eigenvalue weighted by Crippen LogP contribution is -2.45. The van der Waals surface area contributed by atoms with Crippen molar-refractivity contribution < 1.29 is 5.11 Å². The first-order chi connectivity index (χ1) is 9.08. The van der Waals surface area contributed by atoms with E-state index in [0.717, 1.165) is 31.4 Å². The molecule has 0 aromatic heterocycles. The van der Waals surface area contributed by atoms with Gasteiger partial charge in [0.1, 0.15) is 6.07 Å². The third-order valence-corrected chi connectivity index (χ3v) is 4.10. The minimum Gasteiger partial charge on any atom is -0.399 e. The van der Waals surface area contributed by atoms with Crippen LogP contribution in [0.1, 0.15) is 38.2 Å². The Morgan fingerprint density at radius 2 is 2.16 bits per heavy atom. The third-order valence-electron chi connectivity index (χ3n) is 4.10. The number of hydrogen-bond acceptors (Lipinski definition) is 4. The summed E-state index contributed by atoms with van der Waals surface area (Å²) in [5.74, 6) is 0.711. The number of anilines is 2. The Hall–Kier alpha value is -1.73. The summed E-state index contributed by atoms with van der Waals surface area (Å²) in [7, 11) is 0. The summed E-state index contributed by atoms with van der Waals surface area (Å²) < 4.78 is 0. The van der Waals surface area contributed by atoms with E-state index in [9.17, 15) is 5.11 Å². The molecule has 1 aromatic rings. The van der Waals surface area contributed by atoms with Crippen LogP contribution in [0.4, 0.5) is 11.4 Å². The second-order valence-electron chi connectivity index (χ2n) is 5.66. The van der Waals surface area contributed by atoms with Gasteiger partial charge in [-0.15, -0.1) is 0 Å². The average Bonchev–Trinajstić information content (AvgIpc) is 2.43. The van der Waals surface area contributed by atoms with Gasteiger partial charge in [0.2, 0.25) is 0 Å². The van der Waals surface area contributed by atoms with Gasteiger partial charge in [-0.25, -0.2) is 0 Å². The van der Waals surface area contributed by atoms with Gasteiger partial charge in [-0.3, -0.25) is 0 Å². The molecule has 4 heteroatoms. The lowest BCUT2D eigenvalue weighted by Gasteiger charge is -2.39. The van der Waals surface area contributed by atoms with Crippen LogP contribution in [0, 0.1) is 17.2 Å². The van der Waals surface area contributed by atoms with E-state index in [0.29, 0.717) is 17.2 Å². The molecule has 0 spiro atoms. The minimum absolute atomic E-state index is 0.0922. The highest BCUT2D eigenvalue weighted by Gasteiger charge is 2.33. The Balaban J connectivity index is 2.21. The third kappa shape index (κ3) is 2.99. The van der Waals surface area contributed by atoms with Crippen LogP contribution in [0.15, 0.2) is 18.2 Å². The summed E-state index contributed by atoms with van der Waals surface area (Å²) in [6, 6.07) is 7.42. The first kappa shape index (κ1) is 13.7. The van der Waals surface area contributed by atoms with Gasteiger partial charge in [0.05, 0.1) is 23.4 Å². The number of nitriles is 1. The number of nitrogens with two attached hydrogens (primary N) is 1. The molecule has 2 rings (SSSR count). The van der Waals surface area contributed by atoms with Crippen LogP contribution in [0.2, 0.25) is 0 Å². The summed E-state index contributed by atoms with van der Waals surface area (Å²) in [4.78, 5) is 0. The largest absolute Gasteiger partial charge is 0.399 e. The molecule has 1 fully saturated rings. The molecular formula is C15H21N3O. The fraction of sp³-hybridized carbons (Fsp3) is 0.533. The summed E-state index contributed by atoms with van der Waals surface area (Å²) >= 11 is 0. The van der Waals surface area contributed by atoms with Gasteiger partial charge in [0.15, 0.2) is 0 Å². The number of rotatable bonds is 3. The molecule has 1 aliphatic carbocycles. The van der Waals surface area contributed by atoms with E-state index in [1.54, 1.807) is 12.1 Å². The van der Waals surface area contributed by atoms with E-state index in [-0.39, 0.29) is 12.1 Å². The molecule has 102 valence electrons. The number of aliphatic hydroxyl groups is 1. The smallest absolute Gasteiger partial charge is 0.101 e. The van der Waals surface area contributed by atoms with Crippen molar-refractivity contribution in [3.05, 3.63) is 23.8 Å². The molecule has 0 aliphatic heterocycles. The molecule has 4 N–H and O–H groups in total. The van der Waals surface area contributed by atoms with Gasteiger partial charge in [-0.2, -0.15) is 5.26 Å². The monoisotopic (exact) mass is 259 g/mol. The topological polar surface area (TPSA) is 82.1 Å². The molecule has 0 unspecified atom stereocenters. The zero-order valence-electron chi connectivity index (χ0n) is 11.3. The second-order valence-corrected chi connectivity index (χ2v) is 5.66. The van der Waals surface area contributed by atoms with Gasteiger partial charge in [-0.05, 0) is 49.8 Å². The maximum atomic E-state index is 9.74. The van der Waals surface area contributed by atoms with Crippen LogP contribution in [0.3, 0.4) is 0 Å². The van der Waals surface area contributed by atoms with Crippen molar-refractivity contribution in [1.29, 1.82) is 5.26 Å². The molecule has 0 saturated heterocycles. The molecule has 0 radical (unpaired) electrons. The van der Waals surface area contributed by atoms with E-state index < -0.39 is 0 Å². The highest BCUT2D eigenvalue weighted by atomic mass is 16.3. The van der Waals surface area contributed by atoms with Crippen LogP contribution < -0.4 is 11.1 Å². The number of aliphatic hydroxyl groups excluding tert-OH is 1. The zero-order chi connectivity index (χ0) is 13.9. The highest BCUT2D eigenvalue weighted by Crippen LogP contribution is 2.35. The van der Waals surface area contributed by atoms with Crippen molar-refractivity contribution in [3.63, 3.8) is 0 Å². The van der Waals surface area contributed by atoms with Crippen LogP contribution in [-0.2, 0) is 0 Å². The SMILES string of the molecule is CC1CCC(CO)(Nc2ccc(N)cc2C#N)CC1. The van der Waals surface area contributed by atoms with Gasteiger partial charge in [0, 0.05) is 5.69 Å². The molecular weight excluding hydrogens is 238 g/mol. The predicted molar refractivity (Wildman–Crippen MR) is 76.6 cm³/mol. The van der Waals surface area contributed by atoms with Crippen molar-refractivity contribution in [3.8, 4) is 6.07 Å². The zero-order valence-corrected chi connectivity index (χ0v) is 11.3. The first-order valence-corrected chi connectivity index (χ1v) is 6.77. The van der Waals surface area contributed by atoms with Gasteiger partial charge >= 0.3 is 0 Å². The van der Waals surface area contributed by atoms with Crippen LogP contribution in [0.25, 0.3) is 0 Å². The maximum Gasteiger partial charge on any atom is 0.101 e. The predicted octanol–water partition coefficient (Wildman–Crippen LogP) is 2.49. The Morgan fingerprint density at radius 1 is 1.47 bits per heavy atom. The fourth-order valence-electron chi connectivity index (χ4n) is 2.69. The Bertz CT molecular complexity index is 485. The molecule has 0 amide bonds. The number of hydrogen-bond donors (Lipinski definition) is 3. The summed E-state index contributed by atoms with van der Waals surface area (Å²) in [5, 5.41) is 22.3. The lowest BCUT2D eigenvalue weighted by atomic mass is 9.77. The molecule has 0 atom stereocenters. The van der Waals surface area contributed by atoms with Gasteiger partial charge in [0.25, 0.3) is 0 Å². The van der Waals surface area contributed by atoms with Gasteiger partial charge in [-0.1, -0.05) is 6.92 Å². The summed E-state index contributed by atoms with van der Waals surface area (Å²) in [6.45, 7) is 2.33. The van der Waals surface area contributed by atoms with E-state index in [1.165, 1.54) is 0 Å². The fourth-order valence-corrected chi connectivity index (χ4v) is 2.69. The van der Waals surface area contributed by atoms with Crippen molar-refractivity contribution >= 4 is 11.4 Å².